The molecule has 0 amide bonds. The van der Waals surface area contributed by atoms with Gasteiger partial charge in [0.1, 0.15) is 5.78 Å². The van der Waals surface area contributed by atoms with Gasteiger partial charge >= 0.3 is 0 Å². The lowest BCUT2D eigenvalue weighted by Gasteiger charge is -2.56. The Balaban J connectivity index is 1.49. The summed E-state index contributed by atoms with van der Waals surface area (Å²) < 4.78 is 0. The standard InChI is InChI=1S/C23H28N2O/c1-22-10-8-20-17(14-25-21-12-16(26)7-9-23(20,21)2)19(22)6-5-18(22)15-4-3-11-24-13-15/h3-5,11,13,17,19-20H,6-10,12,14H2,1-2H3/t17-,19-,20-,22+,23+/m0/s1. The molecule has 3 aliphatic carbocycles. The summed E-state index contributed by atoms with van der Waals surface area (Å²) in [5, 5.41) is 0. The molecule has 1 aliphatic heterocycles. The minimum absolute atomic E-state index is 0.162. The van der Waals surface area contributed by atoms with Crippen LogP contribution in [0.3, 0.4) is 0 Å². The highest BCUT2D eigenvalue weighted by Gasteiger charge is 2.57. The van der Waals surface area contributed by atoms with Crippen LogP contribution in [0, 0.1) is 28.6 Å². The van der Waals surface area contributed by atoms with Crippen molar-refractivity contribution in [1.29, 1.82) is 0 Å². The van der Waals surface area contributed by atoms with Gasteiger partial charge in [0.25, 0.3) is 0 Å². The predicted molar refractivity (Wildman–Crippen MR) is 104 cm³/mol. The number of allylic oxidation sites excluding steroid dienone is 2. The van der Waals surface area contributed by atoms with Crippen LogP contribution < -0.4 is 0 Å². The highest BCUT2D eigenvalue weighted by molar-refractivity contribution is 6.07. The quantitative estimate of drug-likeness (QED) is 0.736. The number of aliphatic imine (C=N–C) groups is 1. The molecule has 0 spiro atoms. The predicted octanol–water partition coefficient (Wildman–Crippen LogP) is 4.73. The summed E-state index contributed by atoms with van der Waals surface area (Å²) in [6.07, 6.45) is 12.4. The first-order valence-electron chi connectivity index (χ1n) is 10.2. The molecule has 0 saturated heterocycles. The van der Waals surface area contributed by atoms with Crippen molar-refractivity contribution < 1.29 is 4.79 Å². The Labute approximate surface area is 156 Å². The molecule has 2 heterocycles. The summed E-state index contributed by atoms with van der Waals surface area (Å²) in [6, 6.07) is 4.26. The molecule has 0 bridgehead atoms. The van der Waals surface area contributed by atoms with E-state index in [1.807, 2.05) is 12.4 Å². The fourth-order valence-electron chi connectivity index (χ4n) is 6.74. The van der Waals surface area contributed by atoms with Gasteiger partial charge in [-0.25, -0.2) is 0 Å². The van der Waals surface area contributed by atoms with Gasteiger partial charge in [0.15, 0.2) is 0 Å². The number of rotatable bonds is 1. The van der Waals surface area contributed by atoms with Crippen molar-refractivity contribution in [3.8, 4) is 0 Å². The largest absolute Gasteiger partial charge is 0.299 e. The maximum absolute atomic E-state index is 12.0. The number of nitrogens with zero attached hydrogens (tertiary/aromatic N) is 2. The molecule has 0 aromatic carbocycles. The summed E-state index contributed by atoms with van der Waals surface area (Å²) in [5.74, 6) is 2.42. The van der Waals surface area contributed by atoms with Crippen LogP contribution in [-0.4, -0.2) is 23.0 Å². The fourth-order valence-corrected chi connectivity index (χ4v) is 6.74. The molecule has 26 heavy (non-hydrogen) atoms. The molecule has 0 radical (unpaired) electrons. The zero-order valence-electron chi connectivity index (χ0n) is 15.9. The van der Waals surface area contributed by atoms with E-state index in [4.69, 9.17) is 4.99 Å². The van der Waals surface area contributed by atoms with Crippen molar-refractivity contribution in [2.45, 2.75) is 52.4 Å². The van der Waals surface area contributed by atoms with Crippen LogP contribution in [0.15, 0.2) is 35.6 Å². The van der Waals surface area contributed by atoms with Gasteiger partial charge in [0.05, 0.1) is 0 Å². The third-order valence-corrected chi connectivity index (χ3v) is 8.25. The lowest BCUT2D eigenvalue weighted by molar-refractivity contribution is -0.120. The maximum atomic E-state index is 12.0. The van der Waals surface area contributed by atoms with E-state index in [9.17, 15) is 4.79 Å². The van der Waals surface area contributed by atoms with Gasteiger partial charge in [0.2, 0.25) is 0 Å². The van der Waals surface area contributed by atoms with E-state index in [-0.39, 0.29) is 10.8 Å². The number of carbonyl (C=O) groups is 1. The first kappa shape index (κ1) is 16.4. The van der Waals surface area contributed by atoms with Crippen molar-refractivity contribution in [1.82, 2.24) is 4.98 Å². The van der Waals surface area contributed by atoms with Crippen LogP contribution in [0.2, 0.25) is 0 Å². The molecule has 5 rings (SSSR count). The highest BCUT2D eigenvalue weighted by atomic mass is 16.1. The fraction of sp³-hybridized carbons (Fsp3) is 0.609. The van der Waals surface area contributed by atoms with E-state index in [0.717, 1.165) is 19.4 Å². The van der Waals surface area contributed by atoms with E-state index in [0.29, 0.717) is 30.0 Å². The lowest BCUT2D eigenvalue weighted by Crippen LogP contribution is -2.54. The number of Topliss-reactive ketones (excluding diaryl/α,β-unsaturated/α-hetero) is 1. The molecule has 3 heteroatoms. The minimum Gasteiger partial charge on any atom is -0.299 e. The Morgan fingerprint density at radius 2 is 2.04 bits per heavy atom. The average molecular weight is 348 g/mol. The van der Waals surface area contributed by atoms with Gasteiger partial charge in [-0.15, -0.1) is 0 Å². The lowest BCUT2D eigenvalue weighted by atomic mass is 9.49. The van der Waals surface area contributed by atoms with Gasteiger partial charge in [-0.1, -0.05) is 26.0 Å². The van der Waals surface area contributed by atoms with Gasteiger partial charge < -0.3 is 0 Å². The number of pyridine rings is 1. The van der Waals surface area contributed by atoms with Crippen molar-refractivity contribution in [3.05, 3.63) is 36.2 Å². The van der Waals surface area contributed by atoms with Crippen molar-refractivity contribution in [2.24, 2.45) is 33.6 Å². The van der Waals surface area contributed by atoms with E-state index in [2.05, 4.69) is 37.0 Å². The topological polar surface area (TPSA) is 42.3 Å². The number of ketones is 1. The van der Waals surface area contributed by atoms with E-state index in [1.54, 1.807) is 0 Å². The Kier molecular flexibility index (Phi) is 3.54. The normalized spacial score (nSPS) is 41.6. The second-order valence-corrected chi connectivity index (χ2v) is 9.35. The number of fused-ring (bicyclic) bond motifs is 5. The van der Waals surface area contributed by atoms with Crippen LogP contribution in [0.25, 0.3) is 5.57 Å². The van der Waals surface area contributed by atoms with Crippen molar-refractivity contribution in [3.63, 3.8) is 0 Å². The van der Waals surface area contributed by atoms with Crippen LogP contribution in [0.4, 0.5) is 0 Å². The molecular weight excluding hydrogens is 320 g/mol. The Morgan fingerprint density at radius 3 is 2.85 bits per heavy atom. The molecule has 5 atom stereocenters. The van der Waals surface area contributed by atoms with Crippen molar-refractivity contribution >= 4 is 17.1 Å². The second kappa shape index (κ2) is 5.61. The number of carbonyl (C=O) groups excluding carboxylic acids is 1. The first-order valence-corrected chi connectivity index (χ1v) is 10.2. The third kappa shape index (κ3) is 2.15. The van der Waals surface area contributed by atoms with Gasteiger partial charge in [-0.2, -0.15) is 0 Å². The first-order chi connectivity index (χ1) is 12.5. The van der Waals surface area contributed by atoms with Crippen LogP contribution in [0.5, 0.6) is 0 Å². The number of hydrogen-bond donors (Lipinski definition) is 0. The molecule has 2 fully saturated rings. The Morgan fingerprint density at radius 1 is 1.15 bits per heavy atom. The maximum Gasteiger partial charge on any atom is 0.138 e. The Hall–Kier alpha value is -1.77. The summed E-state index contributed by atoms with van der Waals surface area (Å²) in [7, 11) is 0. The summed E-state index contributed by atoms with van der Waals surface area (Å²) in [5.41, 5.74) is 4.43. The Bertz CT molecular complexity index is 811. The van der Waals surface area contributed by atoms with Crippen molar-refractivity contribution in [2.75, 3.05) is 6.54 Å². The van der Waals surface area contributed by atoms with Crippen LogP contribution >= 0.6 is 0 Å². The number of hydrogen-bond acceptors (Lipinski definition) is 3. The molecule has 4 aliphatic rings. The average Bonchev–Trinajstić information content (AvgIpc) is 3.00. The molecule has 3 nitrogen and oxygen atoms in total. The SMILES string of the molecule is C[C@]12CCC(=O)CC1=NC[C@@H]1[C@@H]2CC[C@]2(C)C(c3cccnc3)=CC[C@@H]12. The molecule has 2 saturated carbocycles. The molecule has 0 N–H and O–H groups in total. The van der Waals surface area contributed by atoms with Crippen LogP contribution in [-0.2, 0) is 4.79 Å². The minimum atomic E-state index is 0.162. The molecule has 1 aromatic heterocycles. The second-order valence-electron chi connectivity index (χ2n) is 9.35. The van der Waals surface area contributed by atoms with Crippen LogP contribution in [0.1, 0.15) is 57.9 Å². The summed E-state index contributed by atoms with van der Waals surface area (Å²) in [6.45, 7) is 5.81. The zero-order valence-corrected chi connectivity index (χ0v) is 15.9. The molecule has 1 aromatic rings. The van der Waals surface area contributed by atoms with E-state index in [1.165, 1.54) is 36.1 Å². The highest BCUT2D eigenvalue weighted by Crippen LogP contribution is 2.63. The monoisotopic (exact) mass is 348 g/mol. The van der Waals surface area contributed by atoms with Gasteiger partial charge in [0, 0.05) is 42.9 Å². The molecule has 0 unspecified atom stereocenters. The summed E-state index contributed by atoms with van der Waals surface area (Å²) >= 11 is 0. The van der Waals surface area contributed by atoms with Gasteiger partial charge in [-0.05, 0) is 66.1 Å². The zero-order chi connectivity index (χ0) is 17.9. The van der Waals surface area contributed by atoms with Gasteiger partial charge in [-0.3, -0.25) is 14.8 Å². The molecule has 136 valence electrons. The third-order valence-electron chi connectivity index (χ3n) is 8.25. The van der Waals surface area contributed by atoms with E-state index < -0.39 is 0 Å². The number of aromatic nitrogens is 1. The van der Waals surface area contributed by atoms with E-state index >= 15 is 0 Å². The molecular formula is C23H28N2O. The smallest absolute Gasteiger partial charge is 0.138 e. The summed E-state index contributed by atoms with van der Waals surface area (Å²) in [4.78, 5) is 21.3.